The number of hydrogen-bond acceptors (Lipinski definition) is 9. The van der Waals surface area contributed by atoms with E-state index in [4.69, 9.17) is 33.3 Å². The Hall–Kier alpha value is -2.11. The molecule has 33 heavy (non-hydrogen) atoms. The summed E-state index contributed by atoms with van der Waals surface area (Å²) in [6.45, 7) is 3.72. The van der Waals surface area contributed by atoms with E-state index in [0.717, 1.165) is 57.7 Å². The summed E-state index contributed by atoms with van der Waals surface area (Å²) in [6.07, 6.45) is 7.99. The van der Waals surface area contributed by atoms with Crippen LogP contribution >= 0.6 is 11.3 Å². The average Bonchev–Trinajstić information content (AvgIpc) is 3.41. The van der Waals surface area contributed by atoms with Crippen LogP contribution in [-0.2, 0) is 16.9 Å². The predicted octanol–water partition coefficient (Wildman–Crippen LogP) is 1.23. The van der Waals surface area contributed by atoms with Crippen molar-refractivity contribution in [2.24, 2.45) is 7.05 Å². The van der Waals surface area contributed by atoms with Gasteiger partial charge in [-0.2, -0.15) is 15.1 Å². The molecule has 0 spiro atoms. The second kappa shape index (κ2) is 9.27. The fourth-order valence-corrected chi connectivity index (χ4v) is 5.37. The normalized spacial score (nSPS) is 22.5. The minimum absolute atomic E-state index is 0.301. The first-order chi connectivity index (χ1) is 15.8. The van der Waals surface area contributed by atoms with Gasteiger partial charge >= 0.3 is 0 Å². The van der Waals surface area contributed by atoms with Gasteiger partial charge in [0, 0.05) is 38.4 Å². The first-order valence-electron chi connectivity index (χ1n) is 11.2. The molecule has 4 heterocycles. The van der Waals surface area contributed by atoms with Gasteiger partial charge in [-0.05, 0) is 25.7 Å². The Balaban J connectivity index is 1.36. The van der Waals surface area contributed by atoms with Crippen LogP contribution < -0.4 is 10.6 Å². The zero-order chi connectivity index (χ0) is 23.0. The zero-order valence-corrected chi connectivity index (χ0v) is 19.5. The number of morpholine rings is 1. The van der Waals surface area contributed by atoms with Crippen molar-refractivity contribution in [1.29, 1.82) is 0 Å². The van der Waals surface area contributed by atoms with Gasteiger partial charge in [0.25, 0.3) is 0 Å². The van der Waals surface area contributed by atoms with Gasteiger partial charge in [0.1, 0.15) is 5.52 Å². The van der Waals surface area contributed by atoms with Gasteiger partial charge in [0.2, 0.25) is 5.95 Å². The topological polar surface area (TPSA) is 93.0 Å². The number of anilines is 3. The Bertz CT molecular complexity index is 1100. The number of aryl methyl sites for hydroxylation is 1. The van der Waals surface area contributed by atoms with Crippen molar-refractivity contribution in [3.05, 3.63) is 17.4 Å². The summed E-state index contributed by atoms with van der Waals surface area (Å²) in [5, 5.41) is 9.88. The van der Waals surface area contributed by atoms with Crippen molar-refractivity contribution in [3.8, 4) is 0 Å². The van der Waals surface area contributed by atoms with Crippen LogP contribution in [0.5, 0.6) is 0 Å². The summed E-state index contributed by atoms with van der Waals surface area (Å²) in [5.41, 5.74) is 1.43. The Morgan fingerprint density at radius 2 is 1.85 bits per heavy atom. The minimum atomic E-state index is -1.53. The van der Waals surface area contributed by atoms with Gasteiger partial charge in [0.15, 0.2) is 10.6 Å². The lowest BCUT2D eigenvalue weighted by atomic mass is 9.43. The van der Waals surface area contributed by atoms with Crippen LogP contribution in [0, 0.1) is 0 Å². The molecule has 2 aliphatic rings. The molecular formula is C20H25B3N8OS. The van der Waals surface area contributed by atoms with Crippen molar-refractivity contribution in [2.75, 3.05) is 36.9 Å². The Morgan fingerprint density at radius 3 is 2.52 bits per heavy atom. The second-order valence-electron chi connectivity index (χ2n) is 8.83. The van der Waals surface area contributed by atoms with Gasteiger partial charge in [-0.3, -0.25) is 9.58 Å². The van der Waals surface area contributed by atoms with E-state index in [-0.39, 0.29) is 0 Å². The maximum Gasteiger partial charge on any atom is 0.230 e. The molecule has 1 saturated carbocycles. The number of ether oxygens (including phenoxy) is 1. The molecule has 3 aromatic heterocycles. The van der Waals surface area contributed by atoms with E-state index in [1.54, 1.807) is 10.9 Å². The lowest BCUT2D eigenvalue weighted by Crippen LogP contribution is -2.46. The van der Waals surface area contributed by atoms with Crippen LogP contribution in [0.15, 0.2) is 12.4 Å². The first-order valence-corrected chi connectivity index (χ1v) is 12.1. The SMILES string of the molecule is [B]C([B])([B])c1nc2c(NC3CCC(N4CCOCC4)CC3)nc(Nc3cnn(C)c3)nc2s1. The fourth-order valence-electron chi connectivity index (χ4n) is 4.50. The van der Waals surface area contributed by atoms with Crippen molar-refractivity contribution < 1.29 is 4.74 Å². The highest BCUT2D eigenvalue weighted by Crippen LogP contribution is 2.33. The summed E-state index contributed by atoms with van der Waals surface area (Å²) in [6, 6.07) is 0.925. The van der Waals surface area contributed by atoms with Crippen LogP contribution in [0.1, 0.15) is 30.7 Å². The largest absolute Gasteiger partial charge is 0.379 e. The molecule has 0 unspecified atom stereocenters. The van der Waals surface area contributed by atoms with Crippen LogP contribution in [0.3, 0.4) is 0 Å². The summed E-state index contributed by atoms with van der Waals surface area (Å²) < 4.78 is 7.21. The monoisotopic (exact) mass is 458 g/mol. The molecule has 0 amide bonds. The molecule has 0 bridgehead atoms. The summed E-state index contributed by atoms with van der Waals surface area (Å²) >= 11 is 1.27. The average molecular weight is 458 g/mol. The third-order valence-corrected chi connectivity index (χ3v) is 7.31. The van der Waals surface area contributed by atoms with Gasteiger partial charge < -0.3 is 15.4 Å². The Kier molecular flexibility index (Phi) is 6.37. The van der Waals surface area contributed by atoms with Crippen LogP contribution in [-0.4, -0.2) is 91.6 Å². The van der Waals surface area contributed by atoms with Crippen molar-refractivity contribution >= 4 is 62.7 Å². The number of nitrogens with zero attached hydrogens (tertiary/aromatic N) is 6. The number of nitrogens with one attached hydrogen (secondary N) is 2. The van der Waals surface area contributed by atoms with Crippen LogP contribution in [0.2, 0.25) is 0 Å². The van der Waals surface area contributed by atoms with Crippen LogP contribution in [0.25, 0.3) is 10.3 Å². The molecule has 9 nitrogen and oxygen atoms in total. The van der Waals surface area contributed by atoms with Gasteiger partial charge in [-0.1, -0.05) is 5.11 Å². The van der Waals surface area contributed by atoms with Crippen molar-refractivity contribution in [1.82, 2.24) is 29.6 Å². The summed E-state index contributed by atoms with van der Waals surface area (Å²) in [4.78, 5) is 17.2. The molecule has 0 atom stereocenters. The van der Waals surface area contributed by atoms with E-state index < -0.39 is 5.11 Å². The van der Waals surface area contributed by atoms with Crippen molar-refractivity contribution in [3.63, 3.8) is 0 Å². The Labute approximate surface area is 201 Å². The van der Waals surface area contributed by atoms with Gasteiger partial charge in [-0.15, -0.1) is 11.3 Å². The van der Waals surface area contributed by atoms with Crippen molar-refractivity contribution in [2.45, 2.75) is 42.9 Å². The fraction of sp³-hybridized carbons (Fsp3) is 0.600. The number of hydrogen-bond donors (Lipinski definition) is 2. The number of thiazole rings is 1. The molecule has 2 N–H and O–H groups in total. The lowest BCUT2D eigenvalue weighted by Gasteiger charge is -2.39. The van der Waals surface area contributed by atoms with E-state index in [2.05, 4.69) is 30.6 Å². The summed E-state index contributed by atoms with van der Waals surface area (Å²) in [5.74, 6) is 1.11. The number of aromatic nitrogens is 5. The molecule has 0 aromatic carbocycles. The summed E-state index contributed by atoms with van der Waals surface area (Å²) in [7, 11) is 19.6. The quantitative estimate of drug-likeness (QED) is 0.534. The molecule has 1 saturated heterocycles. The number of fused-ring (bicyclic) bond motifs is 1. The third-order valence-electron chi connectivity index (χ3n) is 6.19. The Morgan fingerprint density at radius 1 is 1.09 bits per heavy atom. The van der Waals surface area contributed by atoms with Gasteiger partial charge in [-0.25, -0.2) is 4.98 Å². The third kappa shape index (κ3) is 5.20. The first kappa shape index (κ1) is 22.7. The maximum absolute atomic E-state index is 5.90. The van der Waals surface area contributed by atoms with E-state index in [1.807, 2.05) is 13.2 Å². The maximum atomic E-state index is 5.90. The highest BCUT2D eigenvalue weighted by molar-refractivity contribution is 7.19. The van der Waals surface area contributed by atoms with E-state index >= 15 is 0 Å². The van der Waals surface area contributed by atoms with E-state index in [1.165, 1.54) is 11.3 Å². The molecule has 166 valence electrons. The molecule has 1 aliphatic heterocycles. The second-order valence-corrected chi connectivity index (χ2v) is 9.80. The highest BCUT2D eigenvalue weighted by atomic mass is 32.1. The molecule has 13 heteroatoms. The molecule has 1 aliphatic carbocycles. The molecule has 2 fully saturated rings. The number of rotatable bonds is 6. The smallest absolute Gasteiger partial charge is 0.230 e. The molecule has 6 radical (unpaired) electrons. The van der Waals surface area contributed by atoms with Gasteiger partial charge in [0.05, 0.1) is 53.6 Å². The highest BCUT2D eigenvalue weighted by Gasteiger charge is 2.28. The standard InChI is InChI=1S/C20H25B3N8OS/c1-30-11-13(10-24-30)26-19-28-16(15-17(29-19)33-18(27-15)20(21,22)23)25-12-2-4-14(5-3-12)31-6-8-32-9-7-31/h10-12,14H,2-9H2,1H3,(H2,25,26,28,29). The zero-order valence-electron chi connectivity index (χ0n) is 18.7. The lowest BCUT2D eigenvalue weighted by molar-refractivity contribution is 0.00791. The van der Waals surface area contributed by atoms with E-state index in [9.17, 15) is 0 Å². The molecule has 5 rings (SSSR count). The molecule has 3 aromatic rings. The molecular weight excluding hydrogens is 433 g/mol. The van der Waals surface area contributed by atoms with E-state index in [0.29, 0.717) is 39.2 Å². The minimum Gasteiger partial charge on any atom is -0.379 e. The van der Waals surface area contributed by atoms with Crippen LogP contribution in [0.4, 0.5) is 17.5 Å². The predicted molar refractivity (Wildman–Crippen MR) is 133 cm³/mol.